The average Bonchev–Trinajstić information content (AvgIpc) is 2.42. The summed E-state index contributed by atoms with van der Waals surface area (Å²) in [7, 11) is -2.98. The van der Waals surface area contributed by atoms with Crippen molar-refractivity contribution in [1.82, 2.24) is 10.6 Å². The van der Waals surface area contributed by atoms with Gasteiger partial charge in [0.1, 0.15) is 0 Å². The molecule has 0 aliphatic carbocycles. The number of nitrogens with one attached hydrogen (secondary N) is 2. The SMILES string of the molecule is CCCS(=O)(=O)CCNCC(=O)NCc1ccccc1. The second-order valence-corrected chi connectivity index (χ2v) is 6.89. The maximum absolute atomic E-state index is 11.5. The largest absolute Gasteiger partial charge is 0.351 e. The van der Waals surface area contributed by atoms with Crippen molar-refractivity contribution in [2.75, 3.05) is 24.6 Å². The molecule has 1 aromatic rings. The first-order valence-corrected chi connectivity index (χ1v) is 8.57. The van der Waals surface area contributed by atoms with Crippen LogP contribution in [0.25, 0.3) is 0 Å². The lowest BCUT2D eigenvalue weighted by atomic mass is 10.2. The normalized spacial score (nSPS) is 11.2. The number of carbonyl (C=O) groups excluding carboxylic acids is 1. The number of benzene rings is 1. The van der Waals surface area contributed by atoms with Gasteiger partial charge in [-0.25, -0.2) is 8.42 Å². The standard InChI is InChI=1S/C14H22N2O3S/c1-2-9-20(18,19)10-8-15-12-14(17)16-11-13-6-4-3-5-7-13/h3-7,15H,2,8-12H2,1H3,(H,16,17). The van der Waals surface area contributed by atoms with E-state index >= 15 is 0 Å². The van der Waals surface area contributed by atoms with Crippen molar-refractivity contribution in [2.24, 2.45) is 0 Å². The van der Waals surface area contributed by atoms with Gasteiger partial charge in [-0.1, -0.05) is 37.3 Å². The molecule has 6 heteroatoms. The molecular formula is C14H22N2O3S. The van der Waals surface area contributed by atoms with Gasteiger partial charge in [-0.3, -0.25) is 4.79 Å². The van der Waals surface area contributed by atoms with Gasteiger partial charge in [-0.2, -0.15) is 0 Å². The highest BCUT2D eigenvalue weighted by atomic mass is 32.2. The number of hydrogen-bond donors (Lipinski definition) is 2. The van der Waals surface area contributed by atoms with Gasteiger partial charge in [0.15, 0.2) is 9.84 Å². The van der Waals surface area contributed by atoms with Crippen molar-refractivity contribution < 1.29 is 13.2 Å². The summed E-state index contributed by atoms with van der Waals surface area (Å²) in [6, 6.07) is 9.62. The number of rotatable bonds is 9. The molecule has 0 spiro atoms. The van der Waals surface area contributed by atoms with Crippen LogP contribution in [0.2, 0.25) is 0 Å². The van der Waals surface area contributed by atoms with Crippen molar-refractivity contribution in [3.63, 3.8) is 0 Å². The van der Waals surface area contributed by atoms with Crippen LogP contribution in [0.3, 0.4) is 0 Å². The zero-order valence-electron chi connectivity index (χ0n) is 11.8. The molecule has 1 rings (SSSR count). The van der Waals surface area contributed by atoms with Crippen LogP contribution in [0.4, 0.5) is 0 Å². The summed E-state index contributed by atoms with van der Waals surface area (Å²) in [5.74, 6) is 0.142. The molecule has 0 bridgehead atoms. The average molecular weight is 298 g/mol. The molecule has 1 amide bonds. The Bertz CT molecular complexity index is 500. The van der Waals surface area contributed by atoms with Crippen molar-refractivity contribution in [3.05, 3.63) is 35.9 Å². The fourth-order valence-electron chi connectivity index (χ4n) is 1.70. The van der Waals surface area contributed by atoms with E-state index in [-0.39, 0.29) is 24.0 Å². The molecule has 0 heterocycles. The lowest BCUT2D eigenvalue weighted by Crippen LogP contribution is -2.35. The monoisotopic (exact) mass is 298 g/mol. The van der Waals surface area contributed by atoms with E-state index in [9.17, 15) is 13.2 Å². The molecule has 0 saturated heterocycles. The van der Waals surface area contributed by atoms with Gasteiger partial charge in [0, 0.05) is 18.8 Å². The van der Waals surface area contributed by atoms with E-state index in [4.69, 9.17) is 0 Å². The minimum atomic E-state index is -2.98. The summed E-state index contributed by atoms with van der Waals surface area (Å²) < 4.78 is 22.9. The highest BCUT2D eigenvalue weighted by molar-refractivity contribution is 7.91. The van der Waals surface area contributed by atoms with Gasteiger partial charge in [-0.15, -0.1) is 0 Å². The zero-order valence-corrected chi connectivity index (χ0v) is 12.6. The van der Waals surface area contributed by atoms with Crippen molar-refractivity contribution in [2.45, 2.75) is 19.9 Å². The molecular weight excluding hydrogens is 276 g/mol. The summed E-state index contributed by atoms with van der Waals surface area (Å²) in [5, 5.41) is 5.62. The quantitative estimate of drug-likeness (QED) is 0.659. The number of hydrogen-bond acceptors (Lipinski definition) is 4. The van der Waals surface area contributed by atoms with Crippen LogP contribution in [0, 0.1) is 0 Å². The molecule has 112 valence electrons. The predicted octanol–water partition coefficient (Wildman–Crippen LogP) is 0.717. The van der Waals surface area contributed by atoms with Crippen molar-refractivity contribution in [3.8, 4) is 0 Å². The third kappa shape index (κ3) is 7.25. The smallest absolute Gasteiger partial charge is 0.234 e. The van der Waals surface area contributed by atoms with Gasteiger partial charge >= 0.3 is 0 Å². The predicted molar refractivity (Wildman–Crippen MR) is 80.1 cm³/mol. The van der Waals surface area contributed by atoms with Crippen LogP contribution in [0.15, 0.2) is 30.3 Å². The van der Waals surface area contributed by atoms with E-state index in [1.807, 2.05) is 37.3 Å². The van der Waals surface area contributed by atoms with Crippen LogP contribution in [0.5, 0.6) is 0 Å². The summed E-state index contributed by atoms with van der Waals surface area (Å²) >= 11 is 0. The van der Waals surface area contributed by atoms with E-state index in [1.54, 1.807) is 0 Å². The fourth-order valence-corrected chi connectivity index (χ4v) is 2.98. The van der Waals surface area contributed by atoms with E-state index in [2.05, 4.69) is 10.6 Å². The van der Waals surface area contributed by atoms with E-state index in [0.717, 1.165) is 5.56 Å². The Kier molecular flexibility index (Phi) is 7.25. The molecule has 0 radical (unpaired) electrons. The second-order valence-electron chi connectivity index (χ2n) is 4.59. The lowest BCUT2D eigenvalue weighted by molar-refractivity contribution is -0.120. The molecule has 1 aromatic carbocycles. The van der Waals surface area contributed by atoms with E-state index in [0.29, 0.717) is 19.5 Å². The molecule has 0 unspecified atom stereocenters. The van der Waals surface area contributed by atoms with Crippen LogP contribution in [-0.2, 0) is 21.2 Å². The van der Waals surface area contributed by atoms with Gasteiger partial charge in [0.05, 0.1) is 12.3 Å². The van der Waals surface area contributed by atoms with Gasteiger partial charge in [0.2, 0.25) is 5.91 Å². The first-order valence-electron chi connectivity index (χ1n) is 6.75. The third-order valence-electron chi connectivity index (χ3n) is 2.72. The second kappa shape index (κ2) is 8.71. The Morgan fingerprint density at radius 2 is 1.85 bits per heavy atom. The molecule has 20 heavy (non-hydrogen) atoms. The first-order chi connectivity index (χ1) is 9.53. The molecule has 0 atom stereocenters. The molecule has 0 fully saturated rings. The third-order valence-corrected chi connectivity index (χ3v) is 4.58. The van der Waals surface area contributed by atoms with Gasteiger partial charge in [0.25, 0.3) is 0 Å². The zero-order chi connectivity index (χ0) is 14.8. The molecule has 0 saturated carbocycles. The number of carbonyl (C=O) groups is 1. The molecule has 0 aromatic heterocycles. The summed E-state index contributed by atoms with van der Waals surface area (Å²) in [5.41, 5.74) is 1.03. The Hall–Kier alpha value is -1.40. The summed E-state index contributed by atoms with van der Waals surface area (Å²) in [6.45, 7) is 2.76. The maximum Gasteiger partial charge on any atom is 0.234 e. The van der Waals surface area contributed by atoms with Crippen molar-refractivity contribution >= 4 is 15.7 Å². The number of amides is 1. The minimum absolute atomic E-state index is 0.0762. The van der Waals surface area contributed by atoms with Gasteiger partial charge < -0.3 is 10.6 Å². The highest BCUT2D eigenvalue weighted by Gasteiger charge is 2.08. The van der Waals surface area contributed by atoms with Crippen LogP contribution < -0.4 is 10.6 Å². The molecule has 0 aliphatic heterocycles. The Labute approximate surface area is 120 Å². The number of sulfone groups is 1. The Balaban J connectivity index is 2.15. The maximum atomic E-state index is 11.5. The van der Waals surface area contributed by atoms with Crippen LogP contribution >= 0.6 is 0 Å². The fraction of sp³-hybridized carbons (Fsp3) is 0.500. The molecule has 2 N–H and O–H groups in total. The highest BCUT2D eigenvalue weighted by Crippen LogP contribution is 1.96. The Morgan fingerprint density at radius 1 is 1.15 bits per heavy atom. The van der Waals surface area contributed by atoms with Crippen LogP contribution in [0.1, 0.15) is 18.9 Å². The first kappa shape index (κ1) is 16.7. The molecule has 5 nitrogen and oxygen atoms in total. The lowest BCUT2D eigenvalue weighted by Gasteiger charge is -2.07. The van der Waals surface area contributed by atoms with Gasteiger partial charge in [-0.05, 0) is 12.0 Å². The topological polar surface area (TPSA) is 75.3 Å². The summed E-state index contributed by atoms with van der Waals surface area (Å²) in [4.78, 5) is 11.5. The Morgan fingerprint density at radius 3 is 2.50 bits per heavy atom. The van der Waals surface area contributed by atoms with E-state index < -0.39 is 9.84 Å². The minimum Gasteiger partial charge on any atom is -0.351 e. The van der Waals surface area contributed by atoms with Crippen molar-refractivity contribution in [1.29, 1.82) is 0 Å². The van der Waals surface area contributed by atoms with Crippen LogP contribution in [-0.4, -0.2) is 38.9 Å². The van der Waals surface area contributed by atoms with E-state index in [1.165, 1.54) is 0 Å². The molecule has 0 aliphatic rings. The summed E-state index contributed by atoms with van der Waals surface area (Å²) in [6.07, 6.45) is 0.625.